The normalized spacial score (nSPS) is 18.3. The summed E-state index contributed by atoms with van der Waals surface area (Å²) in [5, 5.41) is 4.10. The zero-order valence-electron chi connectivity index (χ0n) is 12.0. The minimum atomic E-state index is -0.140. The van der Waals surface area contributed by atoms with Crippen molar-refractivity contribution in [2.45, 2.75) is 25.9 Å². The quantitative estimate of drug-likeness (QED) is 0.861. The molecule has 1 unspecified atom stereocenters. The number of halogens is 1. The molecule has 0 aromatic carbocycles. The summed E-state index contributed by atoms with van der Waals surface area (Å²) in [6.45, 7) is 2.89. The Hall–Kier alpha value is -2.15. The van der Waals surface area contributed by atoms with Gasteiger partial charge in [0.05, 0.1) is 30.2 Å². The van der Waals surface area contributed by atoms with Crippen LogP contribution in [0.4, 0.5) is 0 Å². The zero-order chi connectivity index (χ0) is 15.5. The van der Waals surface area contributed by atoms with Gasteiger partial charge < -0.3 is 14.2 Å². The van der Waals surface area contributed by atoms with Crippen LogP contribution in [0.25, 0.3) is 0 Å². The Morgan fingerprint density at radius 3 is 2.86 bits per heavy atom. The molecule has 0 spiro atoms. The number of likely N-dealkylation sites (tertiary alicyclic amines) is 1. The van der Waals surface area contributed by atoms with Crippen LogP contribution in [0.1, 0.15) is 29.0 Å². The lowest BCUT2D eigenvalue weighted by Crippen LogP contribution is -2.44. The van der Waals surface area contributed by atoms with Crippen LogP contribution in [-0.4, -0.2) is 45.1 Å². The highest BCUT2D eigenvalue weighted by atomic mass is 35.5. The summed E-state index contributed by atoms with van der Waals surface area (Å²) in [5.74, 6) is 0.429. The van der Waals surface area contributed by atoms with Crippen molar-refractivity contribution in [3.05, 3.63) is 34.9 Å². The minimum Gasteiger partial charge on any atom is -0.458 e. The molecule has 1 saturated heterocycles. The Bertz CT molecular complexity index is 658. The number of hydrogen-bond donors (Lipinski definition) is 0. The molecule has 1 amide bonds. The van der Waals surface area contributed by atoms with E-state index in [4.69, 9.17) is 20.9 Å². The van der Waals surface area contributed by atoms with E-state index in [0.717, 1.165) is 12.8 Å². The number of piperidine rings is 1. The van der Waals surface area contributed by atoms with Gasteiger partial charge in [-0.25, -0.2) is 9.97 Å². The minimum absolute atomic E-state index is 0.0934. The van der Waals surface area contributed by atoms with Gasteiger partial charge in [-0.1, -0.05) is 16.8 Å². The summed E-state index contributed by atoms with van der Waals surface area (Å²) in [6.07, 6.45) is 5.97. The highest BCUT2D eigenvalue weighted by Gasteiger charge is 2.28. The van der Waals surface area contributed by atoms with Gasteiger partial charge in [0.1, 0.15) is 17.4 Å². The van der Waals surface area contributed by atoms with E-state index < -0.39 is 0 Å². The number of carbonyl (C=O) groups excluding carboxylic acids is 1. The summed E-state index contributed by atoms with van der Waals surface area (Å²) < 4.78 is 10.7. The number of aryl methyl sites for hydroxylation is 1. The van der Waals surface area contributed by atoms with Crippen LogP contribution < -0.4 is 4.74 Å². The summed E-state index contributed by atoms with van der Waals surface area (Å²) in [7, 11) is 0. The van der Waals surface area contributed by atoms with Gasteiger partial charge >= 0.3 is 6.01 Å². The van der Waals surface area contributed by atoms with Crippen LogP contribution in [-0.2, 0) is 0 Å². The molecule has 2 aromatic rings. The Balaban J connectivity index is 1.65. The first-order valence-corrected chi connectivity index (χ1v) is 7.36. The van der Waals surface area contributed by atoms with Gasteiger partial charge in [0.2, 0.25) is 0 Å². The lowest BCUT2D eigenvalue weighted by Gasteiger charge is -2.32. The molecule has 1 atom stereocenters. The number of ether oxygens (including phenoxy) is 1. The van der Waals surface area contributed by atoms with Crippen molar-refractivity contribution in [3.8, 4) is 6.01 Å². The second-order valence-corrected chi connectivity index (χ2v) is 5.55. The van der Waals surface area contributed by atoms with Crippen molar-refractivity contribution in [2.24, 2.45) is 0 Å². The third-order valence-corrected chi connectivity index (χ3v) is 3.71. The lowest BCUT2D eigenvalue weighted by molar-refractivity contribution is 0.0514. The predicted molar refractivity (Wildman–Crippen MR) is 77.8 cm³/mol. The Kier molecular flexibility index (Phi) is 4.24. The molecule has 22 heavy (non-hydrogen) atoms. The van der Waals surface area contributed by atoms with Gasteiger partial charge in [-0.3, -0.25) is 4.79 Å². The Morgan fingerprint density at radius 2 is 2.18 bits per heavy atom. The molecule has 116 valence electrons. The zero-order valence-corrected chi connectivity index (χ0v) is 12.8. The maximum absolute atomic E-state index is 12.4. The van der Waals surface area contributed by atoms with Crippen molar-refractivity contribution in [1.82, 2.24) is 20.0 Å². The van der Waals surface area contributed by atoms with Crippen molar-refractivity contribution >= 4 is 17.5 Å². The summed E-state index contributed by atoms with van der Waals surface area (Å²) in [5.41, 5.74) is 0.489. The van der Waals surface area contributed by atoms with Crippen LogP contribution in [0, 0.1) is 6.92 Å². The maximum Gasteiger partial charge on any atom is 0.316 e. The van der Waals surface area contributed by atoms with Crippen LogP contribution in [0.3, 0.4) is 0 Å². The first kappa shape index (κ1) is 14.8. The molecule has 0 radical (unpaired) electrons. The van der Waals surface area contributed by atoms with Crippen LogP contribution in [0.2, 0.25) is 5.02 Å². The molecule has 0 N–H and O–H groups in total. The molecule has 3 heterocycles. The van der Waals surface area contributed by atoms with E-state index in [1.165, 1.54) is 18.6 Å². The number of carbonyl (C=O) groups is 1. The molecule has 1 aliphatic heterocycles. The maximum atomic E-state index is 12.4. The van der Waals surface area contributed by atoms with Crippen molar-refractivity contribution in [1.29, 1.82) is 0 Å². The average molecular weight is 323 g/mol. The van der Waals surface area contributed by atoms with Crippen LogP contribution >= 0.6 is 11.6 Å². The molecule has 7 nitrogen and oxygen atoms in total. The molecule has 0 bridgehead atoms. The van der Waals surface area contributed by atoms with Gasteiger partial charge in [0, 0.05) is 6.54 Å². The highest BCUT2D eigenvalue weighted by molar-refractivity contribution is 6.30. The first-order valence-electron chi connectivity index (χ1n) is 6.98. The van der Waals surface area contributed by atoms with Gasteiger partial charge in [0.25, 0.3) is 5.91 Å². The number of amides is 1. The van der Waals surface area contributed by atoms with Crippen molar-refractivity contribution < 1.29 is 14.1 Å². The second kappa shape index (κ2) is 6.31. The third kappa shape index (κ3) is 3.19. The van der Waals surface area contributed by atoms with Gasteiger partial charge in [-0.15, -0.1) is 0 Å². The monoisotopic (exact) mass is 322 g/mol. The van der Waals surface area contributed by atoms with E-state index in [9.17, 15) is 4.79 Å². The fourth-order valence-corrected chi connectivity index (χ4v) is 2.50. The molecule has 3 rings (SSSR count). The molecular weight excluding hydrogens is 308 g/mol. The Morgan fingerprint density at radius 1 is 1.41 bits per heavy atom. The number of rotatable bonds is 3. The summed E-state index contributed by atoms with van der Waals surface area (Å²) >= 11 is 5.74. The van der Waals surface area contributed by atoms with E-state index in [0.29, 0.717) is 29.4 Å². The van der Waals surface area contributed by atoms with Gasteiger partial charge in [-0.2, -0.15) is 0 Å². The number of hydrogen-bond acceptors (Lipinski definition) is 6. The second-order valence-electron chi connectivity index (χ2n) is 5.11. The van der Waals surface area contributed by atoms with Gasteiger partial charge in [0.15, 0.2) is 0 Å². The SMILES string of the molecule is Cc1oncc1C(=O)N1CCCC(Oc2ncc(Cl)cn2)C1. The van der Waals surface area contributed by atoms with Gasteiger partial charge in [-0.05, 0) is 19.8 Å². The predicted octanol–water partition coefficient (Wildman–Crippen LogP) is 2.11. The number of aromatic nitrogens is 3. The Labute approximate surface area is 132 Å². The lowest BCUT2D eigenvalue weighted by atomic mass is 10.1. The van der Waals surface area contributed by atoms with Crippen LogP contribution in [0.5, 0.6) is 6.01 Å². The summed E-state index contributed by atoms with van der Waals surface area (Å²) in [4.78, 5) is 22.2. The van der Waals surface area contributed by atoms with E-state index >= 15 is 0 Å². The van der Waals surface area contributed by atoms with E-state index in [2.05, 4.69) is 15.1 Å². The van der Waals surface area contributed by atoms with E-state index in [1.807, 2.05) is 0 Å². The van der Waals surface area contributed by atoms with E-state index in [-0.39, 0.29) is 18.0 Å². The molecule has 0 saturated carbocycles. The fourth-order valence-electron chi connectivity index (χ4n) is 2.40. The van der Waals surface area contributed by atoms with Crippen molar-refractivity contribution in [3.63, 3.8) is 0 Å². The smallest absolute Gasteiger partial charge is 0.316 e. The fraction of sp³-hybridized carbons (Fsp3) is 0.429. The number of nitrogens with zero attached hydrogens (tertiary/aromatic N) is 4. The molecule has 1 fully saturated rings. The molecule has 8 heteroatoms. The van der Waals surface area contributed by atoms with Crippen molar-refractivity contribution in [2.75, 3.05) is 13.1 Å². The van der Waals surface area contributed by atoms with Crippen LogP contribution in [0.15, 0.2) is 23.1 Å². The third-order valence-electron chi connectivity index (χ3n) is 3.52. The summed E-state index contributed by atoms with van der Waals surface area (Å²) in [6, 6.07) is 0.268. The van der Waals surface area contributed by atoms with E-state index in [1.54, 1.807) is 11.8 Å². The average Bonchev–Trinajstić information content (AvgIpc) is 2.95. The largest absolute Gasteiger partial charge is 0.458 e. The molecular formula is C14H15ClN4O3. The molecule has 1 aliphatic rings. The highest BCUT2D eigenvalue weighted by Crippen LogP contribution is 2.19. The first-order chi connectivity index (χ1) is 10.6. The molecule has 2 aromatic heterocycles. The standard InChI is InChI=1S/C14H15ClN4O3/c1-9-12(7-18-22-9)13(20)19-4-2-3-11(8-19)21-14-16-5-10(15)6-17-14/h5-7,11H,2-4,8H2,1H3. The molecule has 0 aliphatic carbocycles. The topological polar surface area (TPSA) is 81.4 Å².